The van der Waals surface area contributed by atoms with Crippen LogP contribution in [-0.2, 0) is 10.0 Å². The molecule has 1 aromatic rings. The summed E-state index contributed by atoms with van der Waals surface area (Å²) in [6.45, 7) is 1.99. The fourth-order valence-electron chi connectivity index (χ4n) is 1.74. The number of anilines is 1. The van der Waals surface area contributed by atoms with E-state index in [9.17, 15) is 8.42 Å². The van der Waals surface area contributed by atoms with Gasteiger partial charge in [0.25, 0.3) is 0 Å². The third-order valence-corrected chi connectivity index (χ3v) is 6.58. The number of nitrogens with zero attached hydrogens (tertiary/aromatic N) is 1. The summed E-state index contributed by atoms with van der Waals surface area (Å²) in [5.41, 5.74) is 6.12. The molecule has 0 aromatic heterocycles. The highest BCUT2D eigenvalue weighted by atomic mass is 79.9. The van der Waals surface area contributed by atoms with Gasteiger partial charge in [-0.25, -0.2) is 8.42 Å². The van der Waals surface area contributed by atoms with E-state index in [-0.39, 0.29) is 10.9 Å². The van der Waals surface area contributed by atoms with Gasteiger partial charge in [-0.15, -0.1) is 0 Å². The first kappa shape index (κ1) is 16.8. The molecular weight excluding hydrogens is 348 g/mol. The van der Waals surface area contributed by atoms with E-state index in [2.05, 4.69) is 15.9 Å². The van der Waals surface area contributed by atoms with Gasteiger partial charge in [0.05, 0.1) is 4.90 Å². The summed E-state index contributed by atoms with van der Waals surface area (Å²) in [5, 5.41) is 0. The summed E-state index contributed by atoms with van der Waals surface area (Å²) in [5.74, 6) is 0.770. The van der Waals surface area contributed by atoms with E-state index < -0.39 is 10.0 Å². The minimum absolute atomic E-state index is 0.0201. The van der Waals surface area contributed by atoms with Gasteiger partial charge in [-0.2, -0.15) is 16.1 Å². The monoisotopic (exact) mass is 366 g/mol. The lowest BCUT2D eigenvalue weighted by Gasteiger charge is -2.26. The van der Waals surface area contributed by atoms with Crippen LogP contribution in [0.3, 0.4) is 0 Å². The van der Waals surface area contributed by atoms with Crippen molar-refractivity contribution in [2.75, 3.05) is 24.8 Å². The Kier molecular flexibility index (Phi) is 6.16. The Balaban J connectivity index is 3.19. The van der Waals surface area contributed by atoms with Gasteiger partial charge in [0.15, 0.2) is 0 Å². The van der Waals surface area contributed by atoms with Crippen LogP contribution in [-0.4, -0.2) is 37.8 Å². The summed E-state index contributed by atoms with van der Waals surface area (Å²) in [4.78, 5) is 0.217. The van der Waals surface area contributed by atoms with Crippen molar-refractivity contribution in [2.45, 2.75) is 24.3 Å². The second-order valence-corrected chi connectivity index (χ2v) is 7.96. The predicted octanol–water partition coefficient (Wildman–Crippen LogP) is 2.79. The number of benzene rings is 1. The third kappa shape index (κ3) is 3.87. The molecule has 0 fully saturated rings. The smallest absolute Gasteiger partial charge is 0.244 e. The van der Waals surface area contributed by atoms with E-state index >= 15 is 0 Å². The first-order chi connectivity index (χ1) is 8.84. The Bertz CT molecular complexity index is 535. The summed E-state index contributed by atoms with van der Waals surface area (Å²) in [6, 6.07) is 4.80. The number of thioether (sulfide) groups is 1. The Hall–Kier alpha value is -0.240. The average molecular weight is 367 g/mol. The van der Waals surface area contributed by atoms with Gasteiger partial charge in [-0.05, 0) is 46.8 Å². The molecule has 0 amide bonds. The maximum atomic E-state index is 12.6. The van der Waals surface area contributed by atoms with Crippen LogP contribution in [0.15, 0.2) is 27.6 Å². The van der Waals surface area contributed by atoms with Crippen molar-refractivity contribution in [2.24, 2.45) is 0 Å². The number of hydrogen-bond donors (Lipinski definition) is 1. The maximum absolute atomic E-state index is 12.6. The van der Waals surface area contributed by atoms with Gasteiger partial charge in [0.2, 0.25) is 10.0 Å². The van der Waals surface area contributed by atoms with Crippen LogP contribution in [0.1, 0.15) is 13.3 Å². The molecule has 4 nitrogen and oxygen atoms in total. The first-order valence-electron chi connectivity index (χ1n) is 5.86. The van der Waals surface area contributed by atoms with Crippen molar-refractivity contribution in [3.05, 3.63) is 22.7 Å². The van der Waals surface area contributed by atoms with Crippen molar-refractivity contribution in [3.8, 4) is 0 Å². The fourth-order valence-corrected chi connectivity index (χ4v) is 5.07. The van der Waals surface area contributed by atoms with Gasteiger partial charge in [-0.3, -0.25) is 0 Å². The molecule has 1 atom stereocenters. The van der Waals surface area contributed by atoms with Crippen molar-refractivity contribution >= 4 is 43.4 Å². The van der Waals surface area contributed by atoms with Crippen LogP contribution in [0.5, 0.6) is 0 Å². The molecule has 0 radical (unpaired) electrons. The molecule has 1 unspecified atom stereocenters. The largest absolute Gasteiger partial charge is 0.399 e. The second kappa shape index (κ2) is 6.97. The number of hydrogen-bond acceptors (Lipinski definition) is 4. The Morgan fingerprint density at radius 2 is 2.11 bits per heavy atom. The third-order valence-electron chi connectivity index (χ3n) is 2.96. The molecule has 0 aliphatic carbocycles. The highest BCUT2D eigenvalue weighted by Crippen LogP contribution is 2.28. The van der Waals surface area contributed by atoms with E-state index in [1.54, 1.807) is 30.9 Å². The Morgan fingerprint density at radius 1 is 1.47 bits per heavy atom. The maximum Gasteiger partial charge on any atom is 0.244 e. The second-order valence-electron chi connectivity index (χ2n) is 4.23. The topological polar surface area (TPSA) is 63.4 Å². The molecule has 2 N–H and O–H groups in total. The number of halogens is 1. The van der Waals surface area contributed by atoms with E-state index in [0.29, 0.717) is 10.2 Å². The molecular formula is C12H19BrN2O2S2. The fraction of sp³-hybridized carbons (Fsp3) is 0.500. The Morgan fingerprint density at radius 3 is 2.63 bits per heavy atom. The number of nitrogens with two attached hydrogens (primary N) is 1. The highest BCUT2D eigenvalue weighted by Gasteiger charge is 2.28. The lowest BCUT2D eigenvalue weighted by Crippen LogP contribution is -2.38. The van der Waals surface area contributed by atoms with Crippen LogP contribution in [0.4, 0.5) is 5.69 Å². The normalized spacial score (nSPS) is 13.7. The standard InChI is InChI=1S/C12H19BrN2O2S2/c1-4-10(8-18-3)15(2)19(16,17)12-7-9(14)5-6-11(12)13/h5-7,10H,4,8,14H2,1-3H3. The molecule has 108 valence electrons. The summed E-state index contributed by atoms with van der Waals surface area (Å²) in [6.07, 6.45) is 2.75. The molecule has 0 aliphatic rings. The summed E-state index contributed by atoms with van der Waals surface area (Å²) in [7, 11) is -1.91. The van der Waals surface area contributed by atoms with Gasteiger partial charge >= 0.3 is 0 Å². The minimum atomic E-state index is -3.53. The molecule has 0 heterocycles. The molecule has 1 aromatic carbocycles. The molecule has 1 rings (SSSR count). The van der Waals surface area contributed by atoms with Crippen LogP contribution in [0.2, 0.25) is 0 Å². The van der Waals surface area contributed by atoms with Gasteiger partial charge in [0.1, 0.15) is 0 Å². The van der Waals surface area contributed by atoms with Crippen molar-refractivity contribution in [1.29, 1.82) is 0 Å². The highest BCUT2D eigenvalue weighted by molar-refractivity contribution is 9.10. The first-order valence-corrected chi connectivity index (χ1v) is 9.49. The molecule has 0 saturated carbocycles. The van der Waals surface area contributed by atoms with Gasteiger partial charge in [-0.1, -0.05) is 6.92 Å². The van der Waals surface area contributed by atoms with Crippen LogP contribution >= 0.6 is 27.7 Å². The molecule has 7 heteroatoms. The average Bonchev–Trinajstić information content (AvgIpc) is 2.37. The van der Waals surface area contributed by atoms with Crippen molar-refractivity contribution < 1.29 is 8.42 Å². The summed E-state index contributed by atoms with van der Waals surface area (Å²) >= 11 is 4.92. The predicted molar refractivity (Wildman–Crippen MR) is 86.0 cm³/mol. The lowest BCUT2D eigenvalue weighted by atomic mass is 10.3. The van der Waals surface area contributed by atoms with E-state index in [1.807, 2.05) is 13.2 Å². The lowest BCUT2D eigenvalue weighted by molar-refractivity contribution is 0.385. The zero-order chi connectivity index (χ0) is 14.6. The van der Waals surface area contributed by atoms with Gasteiger partial charge < -0.3 is 5.73 Å². The van der Waals surface area contributed by atoms with Crippen LogP contribution < -0.4 is 5.73 Å². The van der Waals surface area contributed by atoms with Crippen molar-refractivity contribution in [1.82, 2.24) is 4.31 Å². The number of sulfonamides is 1. The van der Waals surface area contributed by atoms with E-state index in [0.717, 1.165) is 12.2 Å². The Labute approximate surface area is 127 Å². The SMILES string of the molecule is CCC(CSC)N(C)S(=O)(=O)c1cc(N)ccc1Br. The summed E-state index contributed by atoms with van der Waals surface area (Å²) < 4.78 is 27.2. The quantitative estimate of drug-likeness (QED) is 0.786. The van der Waals surface area contributed by atoms with Crippen LogP contribution in [0.25, 0.3) is 0 Å². The minimum Gasteiger partial charge on any atom is -0.399 e. The molecule has 0 spiro atoms. The van der Waals surface area contributed by atoms with Crippen LogP contribution in [0, 0.1) is 0 Å². The zero-order valence-corrected chi connectivity index (χ0v) is 14.5. The van der Waals surface area contributed by atoms with E-state index in [4.69, 9.17) is 5.73 Å². The van der Waals surface area contributed by atoms with Crippen molar-refractivity contribution in [3.63, 3.8) is 0 Å². The number of rotatable bonds is 6. The van der Waals surface area contributed by atoms with Gasteiger partial charge in [0, 0.05) is 29.0 Å². The molecule has 0 aliphatic heterocycles. The molecule has 19 heavy (non-hydrogen) atoms. The zero-order valence-electron chi connectivity index (χ0n) is 11.3. The molecule has 0 bridgehead atoms. The number of nitrogen functional groups attached to an aromatic ring is 1. The van der Waals surface area contributed by atoms with E-state index in [1.165, 1.54) is 10.4 Å². The molecule has 0 saturated heterocycles.